The molecule has 9 heteroatoms. The van der Waals surface area contributed by atoms with Crippen molar-refractivity contribution in [3.63, 3.8) is 0 Å². The second-order valence-corrected chi connectivity index (χ2v) is 10.8. The highest BCUT2D eigenvalue weighted by Crippen LogP contribution is 2.30. The molecule has 3 N–H and O–H groups in total. The van der Waals surface area contributed by atoms with Crippen LogP contribution in [-0.4, -0.2) is 45.1 Å². The molecule has 36 heavy (non-hydrogen) atoms. The van der Waals surface area contributed by atoms with E-state index in [4.69, 9.17) is 4.74 Å². The van der Waals surface area contributed by atoms with E-state index in [1.54, 1.807) is 20.8 Å². The Bertz CT molecular complexity index is 1150. The Labute approximate surface area is 211 Å². The summed E-state index contributed by atoms with van der Waals surface area (Å²) in [6.07, 6.45) is 7.19. The second kappa shape index (κ2) is 10.2. The monoisotopic (exact) mass is 493 g/mol. The number of hydrogen-bond donors (Lipinski definition) is 3. The Balaban J connectivity index is 1.47. The summed E-state index contributed by atoms with van der Waals surface area (Å²) >= 11 is 0. The summed E-state index contributed by atoms with van der Waals surface area (Å²) in [5.41, 5.74) is 1.87. The predicted octanol–water partition coefficient (Wildman–Crippen LogP) is 3.85. The first kappa shape index (κ1) is 25.6. The maximum absolute atomic E-state index is 13.5. The van der Waals surface area contributed by atoms with Crippen molar-refractivity contribution in [2.45, 2.75) is 89.8 Å². The summed E-state index contributed by atoms with van der Waals surface area (Å²) in [4.78, 5) is 47.7. The minimum atomic E-state index is -1.14. The molecule has 1 heterocycles. The van der Waals surface area contributed by atoms with Crippen LogP contribution in [0.1, 0.15) is 80.1 Å². The quantitative estimate of drug-likeness (QED) is 0.582. The van der Waals surface area contributed by atoms with Crippen LogP contribution in [0.25, 0.3) is 0 Å². The molecule has 9 nitrogen and oxygen atoms in total. The molecule has 2 aliphatic carbocycles. The molecule has 1 fully saturated rings. The lowest BCUT2D eigenvalue weighted by Gasteiger charge is -2.36. The second-order valence-electron chi connectivity index (χ2n) is 10.8. The summed E-state index contributed by atoms with van der Waals surface area (Å²) < 4.78 is 5.41. The van der Waals surface area contributed by atoms with Gasteiger partial charge in [0.25, 0.3) is 11.8 Å². The summed E-state index contributed by atoms with van der Waals surface area (Å²) in [7, 11) is 0. The van der Waals surface area contributed by atoms with Crippen LogP contribution in [0.4, 0.5) is 10.6 Å². The molecule has 192 valence electrons. The number of rotatable bonds is 5. The molecule has 1 saturated carbocycles. The Morgan fingerprint density at radius 3 is 2.42 bits per heavy atom. The number of nitrogens with zero attached hydrogens (tertiary/aromatic N) is 2. The maximum atomic E-state index is 13.5. The van der Waals surface area contributed by atoms with Crippen molar-refractivity contribution in [3.05, 3.63) is 53.0 Å². The molecule has 1 unspecified atom stereocenters. The molecule has 1 aromatic heterocycles. The molecule has 0 saturated heterocycles. The molecule has 0 bridgehead atoms. The number of nitrogens with one attached hydrogen (secondary N) is 3. The van der Waals surface area contributed by atoms with Crippen molar-refractivity contribution in [3.8, 4) is 0 Å². The lowest BCUT2D eigenvalue weighted by Crippen LogP contribution is -2.58. The third-order valence-electron chi connectivity index (χ3n) is 6.66. The van der Waals surface area contributed by atoms with Crippen molar-refractivity contribution < 1.29 is 19.1 Å². The predicted molar refractivity (Wildman–Crippen MR) is 136 cm³/mol. The zero-order chi connectivity index (χ0) is 25.9. The standard InChI is InChI=1S/C27H35N5O4/c1-17-8-9-18-15-20(16-19(18)14-17)30-23(33)21-22(29-13-12-28-21)31-24(34)27(10-6-5-7-11-27)32-25(35)36-26(2,3)4/h8-9,12-14,20H,5-7,10-11,15-16H2,1-4H3,(H,30,33)(H,32,35)(H,29,31,34). The molecular formula is C27H35N5O4. The molecular weight excluding hydrogens is 458 g/mol. The third kappa shape index (κ3) is 6.01. The lowest BCUT2D eigenvalue weighted by atomic mass is 9.81. The zero-order valence-corrected chi connectivity index (χ0v) is 21.4. The Morgan fingerprint density at radius 2 is 1.69 bits per heavy atom. The number of carbonyl (C=O) groups excluding carboxylic acids is 3. The first-order valence-corrected chi connectivity index (χ1v) is 12.6. The van der Waals surface area contributed by atoms with Crippen molar-refractivity contribution in [1.29, 1.82) is 0 Å². The van der Waals surface area contributed by atoms with Gasteiger partial charge in [0.15, 0.2) is 11.5 Å². The van der Waals surface area contributed by atoms with Gasteiger partial charge >= 0.3 is 6.09 Å². The van der Waals surface area contributed by atoms with Crippen LogP contribution >= 0.6 is 0 Å². The van der Waals surface area contributed by atoms with Crippen LogP contribution < -0.4 is 16.0 Å². The van der Waals surface area contributed by atoms with Crippen molar-refractivity contribution in [2.75, 3.05) is 5.32 Å². The number of ether oxygens (including phenoxy) is 1. The van der Waals surface area contributed by atoms with E-state index in [0.717, 1.165) is 32.1 Å². The average molecular weight is 494 g/mol. The number of aryl methyl sites for hydroxylation is 1. The summed E-state index contributed by atoms with van der Waals surface area (Å²) in [5.74, 6) is -0.751. The van der Waals surface area contributed by atoms with Crippen LogP contribution in [0.15, 0.2) is 30.6 Å². The SMILES string of the molecule is Cc1ccc2c(c1)CC(NC(=O)c1nccnc1NC(=O)C1(NC(=O)OC(C)(C)C)CCCCC1)C2. The minimum absolute atomic E-state index is 0.0428. The van der Waals surface area contributed by atoms with E-state index >= 15 is 0 Å². The van der Waals surface area contributed by atoms with Crippen molar-refractivity contribution >= 4 is 23.7 Å². The first-order valence-electron chi connectivity index (χ1n) is 12.6. The van der Waals surface area contributed by atoms with Crippen molar-refractivity contribution in [1.82, 2.24) is 20.6 Å². The highest BCUT2D eigenvalue weighted by molar-refractivity contribution is 6.04. The Hall–Kier alpha value is -3.49. The van der Waals surface area contributed by atoms with E-state index in [1.807, 2.05) is 0 Å². The number of alkyl carbamates (subject to hydrolysis) is 1. The van der Waals surface area contributed by atoms with Crippen LogP contribution in [0.2, 0.25) is 0 Å². The molecule has 3 amide bonds. The molecule has 1 atom stereocenters. The molecule has 2 aliphatic rings. The van der Waals surface area contributed by atoms with E-state index in [-0.39, 0.29) is 17.6 Å². The molecule has 0 radical (unpaired) electrons. The Morgan fingerprint density at radius 1 is 1.00 bits per heavy atom. The maximum Gasteiger partial charge on any atom is 0.408 e. The van der Waals surface area contributed by atoms with E-state index in [2.05, 4.69) is 51.0 Å². The fraction of sp³-hybridized carbons (Fsp3) is 0.519. The van der Waals surface area contributed by atoms with E-state index in [1.165, 1.54) is 29.1 Å². The fourth-order valence-electron chi connectivity index (χ4n) is 4.99. The number of amides is 3. The fourth-order valence-corrected chi connectivity index (χ4v) is 4.99. The number of hydrogen-bond acceptors (Lipinski definition) is 6. The summed E-state index contributed by atoms with van der Waals surface area (Å²) in [5, 5.41) is 8.62. The largest absolute Gasteiger partial charge is 0.444 e. The average Bonchev–Trinajstić information content (AvgIpc) is 3.19. The van der Waals surface area contributed by atoms with Gasteiger partial charge in [-0.1, -0.05) is 43.0 Å². The third-order valence-corrected chi connectivity index (χ3v) is 6.66. The van der Waals surface area contributed by atoms with Gasteiger partial charge in [-0.2, -0.15) is 0 Å². The molecule has 1 aromatic carbocycles. The highest BCUT2D eigenvalue weighted by Gasteiger charge is 2.42. The number of anilines is 1. The van der Waals surface area contributed by atoms with Crippen LogP contribution in [0.3, 0.4) is 0 Å². The van der Waals surface area contributed by atoms with Gasteiger partial charge < -0.3 is 20.7 Å². The van der Waals surface area contributed by atoms with Gasteiger partial charge in [-0.3, -0.25) is 9.59 Å². The van der Waals surface area contributed by atoms with Crippen LogP contribution in [0, 0.1) is 6.92 Å². The number of carbonyl (C=O) groups is 3. The van der Waals surface area contributed by atoms with Gasteiger partial charge in [0.05, 0.1) is 0 Å². The Kier molecular flexibility index (Phi) is 7.28. The van der Waals surface area contributed by atoms with Gasteiger partial charge in [0.1, 0.15) is 11.1 Å². The van der Waals surface area contributed by atoms with Crippen LogP contribution in [0.5, 0.6) is 0 Å². The zero-order valence-electron chi connectivity index (χ0n) is 21.4. The summed E-state index contributed by atoms with van der Waals surface area (Å²) in [6, 6.07) is 6.27. The molecule has 4 rings (SSSR count). The summed E-state index contributed by atoms with van der Waals surface area (Å²) in [6.45, 7) is 7.37. The number of fused-ring (bicyclic) bond motifs is 1. The number of benzene rings is 1. The molecule has 2 aromatic rings. The topological polar surface area (TPSA) is 122 Å². The molecule has 0 spiro atoms. The van der Waals surface area contributed by atoms with Gasteiger partial charge in [-0.15, -0.1) is 0 Å². The minimum Gasteiger partial charge on any atom is -0.444 e. The van der Waals surface area contributed by atoms with E-state index < -0.39 is 29.0 Å². The van der Waals surface area contributed by atoms with E-state index in [9.17, 15) is 14.4 Å². The first-order chi connectivity index (χ1) is 17.0. The normalized spacial score (nSPS) is 18.6. The van der Waals surface area contributed by atoms with E-state index in [0.29, 0.717) is 12.8 Å². The van der Waals surface area contributed by atoms with Crippen LogP contribution in [-0.2, 0) is 22.4 Å². The number of aromatic nitrogens is 2. The van der Waals surface area contributed by atoms with Crippen molar-refractivity contribution in [2.24, 2.45) is 0 Å². The van der Waals surface area contributed by atoms with Gasteiger partial charge in [0.2, 0.25) is 0 Å². The lowest BCUT2D eigenvalue weighted by molar-refractivity contribution is -0.123. The smallest absolute Gasteiger partial charge is 0.408 e. The van der Waals surface area contributed by atoms with Gasteiger partial charge in [0, 0.05) is 18.4 Å². The highest BCUT2D eigenvalue weighted by atomic mass is 16.6. The molecule has 0 aliphatic heterocycles. The van der Waals surface area contributed by atoms with Gasteiger partial charge in [-0.25, -0.2) is 14.8 Å². The van der Waals surface area contributed by atoms with Gasteiger partial charge in [-0.05, 0) is 64.5 Å².